The van der Waals surface area contributed by atoms with Gasteiger partial charge in [-0.3, -0.25) is 4.98 Å². The highest BCUT2D eigenvalue weighted by Gasteiger charge is 2.49. The van der Waals surface area contributed by atoms with E-state index >= 15 is 0 Å². The first-order valence-electron chi connectivity index (χ1n) is 9.59. The molecule has 30 heavy (non-hydrogen) atoms. The Kier molecular flexibility index (Phi) is 4.16. The van der Waals surface area contributed by atoms with E-state index in [4.69, 9.17) is 15.3 Å². The van der Waals surface area contributed by atoms with Crippen molar-refractivity contribution in [3.05, 3.63) is 83.7 Å². The van der Waals surface area contributed by atoms with Gasteiger partial charge in [-0.05, 0) is 47.5 Å². The van der Waals surface area contributed by atoms with Gasteiger partial charge in [-0.1, -0.05) is 24.3 Å². The van der Waals surface area contributed by atoms with Crippen LogP contribution in [0.1, 0.15) is 29.3 Å². The van der Waals surface area contributed by atoms with Gasteiger partial charge in [-0.15, -0.1) is 0 Å². The van der Waals surface area contributed by atoms with E-state index in [1.807, 2.05) is 54.6 Å². The highest BCUT2D eigenvalue weighted by molar-refractivity contribution is 5.79. The zero-order valence-corrected chi connectivity index (χ0v) is 16.3. The number of rotatable bonds is 2. The Morgan fingerprint density at radius 1 is 1.13 bits per heavy atom. The van der Waals surface area contributed by atoms with Gasteiger partial charge in [0, 0.05) is 19.7 Å². The molecule has 0 amide bonds. The van der Waals surface area contributed by atoms with Crippen LogP contribution in [0.2, 0.25) is 0 Å². The quantitative estimate of drug-likeness (QED) is 0.711. The van der Waals surface area contributed by atoms with Gasteiger partial charge in [0.05, 0.1) is 22.9 Å². The van der Waals surface area contributed by atoms with Crippen molar-refractivity contribution in [2.75, 3.05) is 7.05 Å². The third-order valence-electron chi connectivity index (χ3n) is 5.38. The first-order chi connectivity index (χ1) is 14.6. The summed E-state index contributed by atoms with van der Waals surface area (Å²) in [6.07, 6.45) is 1.85. The molecule has 0 radical (unpaired) electrons. The minimum Gasteiger partial charge on any atom is -0.483 e. The largest absolute Gasteiger partial charge is 0.483 e. The lowest BCUT2D eigenvalue weighted by atomic mass is 9.89. The van der Waals surface area contributed by atoms with Crippen LogP contribution in [0, 0.1) is 11.3 Å². The standard InChI is InChI=1S/C23H19N5O2/c1-28-22(25)27-23(30-28)13-21(19-7-2-3-10-26-19)29-20-9-8-17(12-18(20)23)16-6-4-5-15(11-16)14-24/h2-12,21H,13H2,1H3,(H2,25,27). The Morgan fingerprint density at radius 3 is 2.73 bits per heavy atom. The Hall–Kier alpha value is -3.89. The van der Waals surface area contributed by atoms with Crippen molar-refractivity contribution in [2.24, 2.45) is 10.7 Å². The van der Waals surface area contributed by atoms with Crippen LogP contribution in [-0.2, 0) is 10.6 Å². The van der Waals surface area contributed by atoms with Crippen LogP contribution in [0.4, 0.5) is 0 Å². The van der Waals surface area contributed by atoms with E-state index < -0.39 is 5.72 Å². The number of benzene rings is 2. The fourth-order valence-corrected chi connectivity index (χ4v) is 3.91. The molecule has 7 nitrogen and oxygen atoms in total. The van der Waals surface area contributed by atoms with Crippen LogP contribution >= 0.6 is 0 Å². The third kappa shape index (κ3) is 2.95. The van der Waals surface area contributed by atoms with E-state index in [0.29, 0.717) is 23.7 Å². The second kappa shape index (κ2) is 6.87. The van der Waals surface area contributed by atoms with Gasteiger partial charge in [0.25, 0.3) is 0 Å². The minimum absolute atomic E-state index is 0.305. The summed E-state index contributed by atoms with van der Waals surface area (Å²) in [5.74, 6) is 0.975. The normalized spacial score (nSPS) is 22.2. The molecule has 7 heteroatoms. The van der Waals surface area contributed by atoms with Crippen molar-refractivity contribution in [3.8, 4) is 22.9 Å². The van der Waals surface area contributed by atoms with Crippen molar-refractivity contribution >= 4 is 5.96 Å². The first-order valence-corrected chi connectivity index (χ1v) is 9.59. The number of ether oxygens (including phenoxy) is 1. The van der Waals surface area contributed by atoms with Crippen molar-refractivity contribution in [2.45, 2.75) is 18.2 Å². The van der Waals surface area contributed by atoms with Crippen molar-refractivity contribution < 1.29 is 9.57 Å². The summed E-state index contributed by atoms with van der Waals surface area (Å²) in [6.45, 7) is 0. The van der Waals surface area contributed by atoms with Gasteiger partial charge in [-0.25, -0.2) is 14.9 Å². The summed E-state index contributed by atoms with van der Waals surface area (Å²) >= 11 is 0. The number of aromatic nitrogens is 1. The topological polar surface area (TPSA) is 96.8 Å². The van der Waals surface area contributed by atoms with Crippen LogP contribution in [0.15, 0.2) is 71.9 Å². The molecular weight excluding hydrogens is 378 g/mol. The van der Waals surface area contributed by atoms with Gasteiger partial charge in [0.15, 0.2) is 0 Å². The summed E-state index contributed by atoms with van der Waals surface area (Å²) in [4.78, 5) is 15.3. The molecule has 2 aromatic carbocycles. The maximum Gasteiger partial charge on any atom is 0.222 e. The predicted molar refractivity (Wildman–Crippen MR) is 111 cm³/mol. The Labute approximate surface area is 174 Å². The zero-order valence-electron chi connectivity index (χ0n) is 16.3. The maximum atomic E-state index is 9.23. The van der Waals surface area contributed by atoms with Crippen molar-refractivity contribution in [1.82, 2.24) is 10.0 Å². The molecule has 0 aliphatic carbocycles. The molecule has 2 N–H and O–H groups in total. The maximum absolute atomic E-state index is 9.23. The number of fused-ring (bicyclic) bond motifs is 2. The molecule has 5 rings (SSSR count). The van der Waals surface area contributed by atoms with E-state index in [2.05, 4.69) is 16.0 Å². The van der Waals surface area contributed by atoms with Gasteiger partial charge in [-0.2, -0.15) is 5.26 Å². The molecule has 2 aliphatic rings. The molecule has 0 fully saturated rings. The van der Waals surface area contributed by atoms with Crippen LogP contribution in [-0.4, -0.2) is 23.1 Å². The number of pyridine rings is 1. The summed E-state index contributed by atoms with van der Waals surface area (Å²) in [5, 5.41) is 10.7. The summed E-state index contributed by atoms with van der Waals surface area (Å²) in [6, 6.07) is 21.3. The van der Waals surface area contributed by atoms with E-state index in [0.717, 1.165) is 22.4 Å². The lowest BCUT2D eigenvalue weighted by molar-refractivity contribution is -0.191. The number of nitriles is 1. The second-order valence-corrected chi connectivity index (χ2v) is 7.31. The molecule has 2 atom stereocenters. The zero-order chi connectivity index (χ0) is 20.7. The molecule has 3 aromatic rings. The number of aliphatic imine (C=N–C) groups is 1. The Bertz CT molecular complexity index is 1190. The highest BCUT2D eigenvalue weighted by atomic mass is 16.7. The fourth-order valence-electron chi connectivity index (χ4n) is 3.91. The van der Waals surface area contributed by atoms with E-state index in [-0.39, 0.29) is 6.10 Å². The third-order valence-corrected chi connectivity index (χ3v) is 5.38. The van der Waals surface area contributed by atoms with Crippen LogP contribution < -0.4 is 10.5 Å². The average Bonchev–Trinajstić information content (AvgIpc) is 3.07. The number of nitrogens with two attached hydrogens (primary N) is 1. The monoisotopic (exact) mass is 397 g/mol. The molecular formula is C23H19N5O2. The molecule has 0 saturated carbocycles. The molecule has 1 aromatic heterocycles. The minimum atomic E-state index is -1.00. The molecule has 1 spiro atoms. The number of nitrogens with zero attached hydrogens (tertiary/aromatic N) is 4. The number of hydroxylamine groups is 2. The fraction of sp³-hybridized carbons (Fsp3) is 0.174. The number of hydrogen-bond donors (Lipinski definition) is 1. The van der Waals surface area contributed by atoms with Gasteiger partial charge < -0.3 is 10.5 Å². The van der Waals surface area contributed by atoms with Crippen LogP contribution in [0.5, 0.6) is 5.75 Å². The molecule has 0 bridgehead atoms. The first kappa shape index (κ1) is 18.2. The molecule has 2 unspecified atom stereocenters. The van der Waals surface area contributed by atoms with E-state index in [1.165, 1.54) is 5.06 Å². The molecule has 2 aliphatic heterocycles. The Morgan fingerprint density at radius 2 is 2.00 bits per heavy atom. The SMILES string of the molecule is CN1OC2(CC(c3ccccn3)Oc3ccc(-c4cccc(C#N)c4)cc32)N=C1N. The van der Waals surface area contributed by atoms with Crippen LogP contribution in [0.25, 0.3) is 11.1 Å². The molecule has 0 saturated heterocycles. The number of guanidine groups is 1. The summed E-state index contributed by atoms with van der Waals surface area (Å²) in [5.41, 5.74) is 9.14. The number of hydrogen-bond acceptors (Lipinski definition) is 7. The Balaban J connectivity index is 1.63. The summed E-state index contributed by atoms with van der Waals surface area (Å²) < 4.78 is 6.29. The van der Waals surface area contributed by atoms with Crippen molar-refractivity contribution in [1.29, 1.82) is 5.26 Å². The molecule has 3 heterocycles. The van der Waals surface area contributed by atoms with Gasteiger partial charge >= 0.3 is 0 Å². The molecule has 148 valence electrons. The lowest BCUT2D eigenvalue weighted by Gasteiger charge is -2.36. The van der Waals surface area contributed by atoms with E-state index in [9.17, 15) is 5.26 Å². The van der Waals surface area contributed by atoms with Crippen molar-refractivity contribution in [3.63, 3.8) is 0 Å². The summed E-state index contributed by atoms with van der Waals surface area (Å²) in [7, 11) is 1.73. The predicted octanol–water partition coefficient (Wildman–Crippen LogP) is 3.49. The highest BCUT2D eigenvalue weighted by Crippen LogP contribution is 2.50. The van der Waals surface area contributed by atoms with Crippen LogP contribution in [0.3, 0.4) is 0 Å². The van der Waals surface area contributed by atoms with Gasteiger partial charge in [0.2, 0.25) is 11.7 Å². The van der Waals surface area contributed by atoms with Gasteiger partial charge in [0.1, 0.15) is 11.9 Å². The average molecular weight is 397 g/mol. The lowest BCUT2D eigenvalue weighted by Crippen LogP contribution is -2.36. The second-order valence-electron chi connectivity index (χ2n) is 7.31. The smallest absolute Gasteiger partial charge is 0.222 e. The van der Waals surface area contributed by atoms with E-state index in [1.54, 1.807) is 19.3 Å².